The van der Waals surface area contributed by atoms with Crippen molar-refractivity contribution in [1.29, 1.82) is 0 Å². The van der Waals surface area contributed by atoms with Gasteiger partial charge in [-0.1, -0.05) is 0 Å². The normalized spacial score (nSPS) is 10.1. The van der Waals surface area contributed by atoms with Crippen LogP contribution in [0.25, 0.3) is 0 Å². The number of carbonyl (C=O) groups excluding carboxylic acids is 1. The standard InChI is InChI=1S/C13H15N3OS/c1-9-5-11(3-4-13(9)16-10(2)17)14-6-12-7-18-8-15-12/h3-5,7-8,14H,6H2,1-2H3,(H,16,17). The summed E-state index contributed by atoms with van der Waals surface area (Å²) in [7, 11) is 0. The number of rotatable bonds is 4. The highest BCUT2D eigenvalue weighted by Crippen LogP contribution is 2.20. The predicted octanol–water partition coefficient (Wildman–Crippen LogP) is 3.02. The van der Waals surface area contributed by atoms with Crippen molar-refractivity contribution < 1.29 is 4.79 Å². The lowest BCUT2D eigenvalue weighted by molar-refractivity contribution is -0.114. The SMILES string of the molecule is CC(=O)Nc1ccc(NCc2cscn2)cc1C. The van der Waals surface area contributed by atoms with Gasteiger partial charge in [0.05, 0.1) is 17.7 Å². The Labute approximate surface area is 110 Å². The molecule has 0 bridgehead atoms. The number of thiazole rings is 1. The fraction of sp³-hybridized carbons (Fsp3) is 0.231. The van der Waals surface area contributed by atoms with Crippen LogP contribution in [0.3, 0.4) is 0 Å². The molecule has 0 spiro atoms. The molecule has 2 N–H and O–H groups in total. The molecule has 1 amide bonds. The summed E-state index contributed by atoms with van der Waals surface area (Å²) in [6.07, 6.45) is 0. The molecule has 0 aliphatic heterocycles. The van der Waals surface area contributed by atoms with Crippen molar-refractivity contribution in [2.45, 2.75) is 20.4 Å². The second-order valence-electron chi connectivity index (χ2n) is 4.04. The Hall–Kier alpha value is -1.88. The minimum absolute atomic E-state index is 0.0544. The molecule has 5 heteroatoms. The molecular weight excluding hydrogens is 246 g/mol. The monoisotopic (exact) mass is 261 g/mol. The number of hydrogen-bond acceptors (Lipinski definition) is 4. The van der Waals surface area contributed by atoms with E-state index in [0.717, 1.165) is 22.6 Å². The number of anilines is 2. The molecule has 0 aliphatic rings. The number of benzene rings is 1. The fourth-order valence-electron chi connectivity index (χ4n) is 1.62. The largest absolute Gasteiger partial charge is 0.379 e. The molecule has 4 nitrogen and oxygen atoms in total. The molecule has 0 saturated carbocycles. The van der Waals surface area contributed by atoms with E-state index in [2.05, 4.69) is 15.6 Å². The van der Waals surface area contributed by atoms with Crippen molar-refractivity contribution in [3.8, 4) is 0 Å². The molecule has 2 rings (SSSR count). The third-order valence-electron chi connectivity index (χ3n) is 2.49. The third-order valence-corrected chi connectivity index (χ3v) is 3.13. The van der Waals surface area contributed by atoms with E-state index in [4.69, 9.17) is 0 Å². The zero-order valence-corrected chi connectivity index (χ0v) is 11.2. The van der Waals surface area contributed by atoms with Crippen molar-refractivity contribution in [2.24, 2.45) is 0 Å². The minimum atomic E-state index is -0.0544. The van der Waals surface area contributed by atoms with Crippen molar-refractivity contribution in [3.05, 3.63) is 40.3 Å². The van der Waals surface area contributed by atoms with Crippen LogP contribution in [-0.4, -0.2) is 10.9 Å². The van der Waals surface area contributed by atoms with E-state index in [1.165, 1.54) is 6.92 Å². The number of hydrogen-bond donors (Lipinski definition) is 2. The quantitative estimate of drug-likeness (QED) is 0.889. The summed E-state index contributed by atoms with van der Waals surface area (Å²) >= 11 is 1.59. The van der Waals surface area contributed by atoms with Crippen molar-refractivity contribution >= 4 is 28.6 Å². The van der Waals surface area contributed by atoms with Crippen LogP contribution in [0.5, 0.6) is 0 Å². The van der Waals surface area contributed by atoms with Crippen LogP contribution in [0.15, 0.2) is 29.1 Å². The van der Waals surface area contributed by atoms with E-state index in [9.17, 15) is 4.79 Å². The van der Waals surface area contributed by atoms with Gasteiger partial charge < -0.3 is 10.6 Å². The van der Waals surface area contributed by atoms with Gasteiger partial charge in [-0.05, 0) is 30.7 Å². The zero-order chi connectivity index (χ0) is 13.0. The van der Waals surface area contributed by atoms with Crippen LogP contribution in [0.2, 0.25) is 0 Å². The topological polar surface area (TPSA) is 54.0 Å². The van der Waals surface area contributed by atoms with Gasteiger partial charge in [0.15, 0.2) is 0 Å². The Morgan fingerprint density at radius 2 is 2.28 bits per heavy atom. The van der Waals surface area contributed by atoms with Gasteiger partial charge in [0, 0.05) is 23.7 Å². The number of nitrogens with one attached hydrogen (secondary N) is 2. The van der Waals surface area contributed by atoms with Crippen LogP contribution in [0.4, 0.5) is 11.4 Å². The molecule has 1 heterocycles. The smallest absolute Gasteiger partial charge is 0.221 e. The first-order valence-electron chi connectivity index (χ1n) is 5.64. The summed E-state index contributed by atoms with van der Waals surface area (Å²) in [4.78, 5) is 15.2. The number of amides is 1. The lowest BCUT2D eigenvalue weighted by Gasteiger charge is -2.10. The summed E-state index contributed by atoms with van der Waals surface area (Å²) in [5.41, 5.74) is 5.76. The van der Waals surface area contributed by atoms with Crippen LogP contribution in [0.1, 0.15) is 18.2 Å². The Balaban J connectivity index is 2.02. The Kier molecular flexibility index (Phi) is 3.94. The summed E-state index contributed by atoms with van der Waals surface area (Å²) in [6.45, 7) is 4.19. The van der Waals surface area contributed by atoms with E-state index in [0.29, 0.717) is 6.54 Å². The lowest BCUT2D eigenvalue weighted by atomic mass is 10.1. The highest BCUT2D eigenvalue weighted by Gasteiger charge is 2.02. The molecule has 0 saturated heterocycles. The van der Waals surface area contributed by atoms with Crippen molar-refractivity contribution in [2.75, 3.05) is 10.6 Å². The Morgan fingerprint density at radius 1 is 1.44 bits per heavy atom. The third kappa shape index (κ3) is 3.30. The average molecular weight is 261 g/mol. The minimum Gasteiger partial charge on any atom is -0.379 e. The summed E-state index contributed by atoms with van der Waals surface area (Å²) in [5, 5.41) is 8.11. The van der Waals surface area contributed by atoms with E-state index in [1.807, 2.05) is 36.0 Å². The molecule has 0 radical (unpaired) electrons. The number of aromatic nitrogens is 1. The lowest BCUT2D eigenvalue weighted by Crippen LogP contribution is -2.07. The van der Waals surface area contributed by atoms with Gasteiger partial charge >= 0.3 is 0 Å². The molecule has 0 unspecified atom stereocenters. The molecule has 0 fully saturated rings. The van der Waals surface area contributed by atoms with Gasteiger partial charge in [-0.3, -0.25) is 4.79 Å². The van der Waals surface area contributed by atoms with Gasteiger partial charge in [-0.15, -0.1) is 11.3 Å². The molecule has 2 aromatic rings. The second-order valence-corrected chi connectivity index (χ2v) is 4.76. The van der Waals surface area contributed by atoms with Gasteiger partial charge in [0.1, 0.15) is 0 Å². The summed E-state index contributed by atoms with van der Waals surface area (Å²) < 4.78 is 0. The number of nitrogens with zero attached hydrogens (tertiary/aromatic N) is 1. The maximum atomic E-state index is 11.0. The molecule has 94 valence electrons. The van der Waals surface area contributed by atoms with E-state index in [1.54, 1.807) is 11.3 Å². The fourth-order valence-corrected chi connectivity index (χ4v) is 2.18. The average Bonchev–Trinajstić information content (AvgIpc) is 2.82. The maximum absolute atomic E-state index is 11.0. The van der Waals surface area contributed by atoms with E-state index >= 15 is 0 Å². The molecule has 18 heavy (non-hydrogen) atoms. The molecule has 1 aromatic heterocycles. The number of aryl methyl sites for hydroxylation is 1. The number of carbonyl (C=O) groups is 1. The maximum Gasteiger partial charge on any atom is 0.221 e. The summed E-state index contributed by atoms with van der Waals surface area (Å²) in [6, 6.07) is 5.86. The van der Waals surface area contributed by atoms with Gasteiger partial charge in [0.2, 0.25) is 5.91 Å². The van der Waals surface area contributed by atoms with Gasteiger partial charge in [-0.2, -0.15) is 0 Å². The molecule has 0 atom stereocenters. The van der Waals surface area contributed by atoms with Crippen LogP contribution in [0, 0.1) is 6.92 Å². The highest BCUT2D eigenvalue weighted by molar-refractivity contribution is 7.07. The molecule has 0 aliphatic carbocycles. The Bertz CT molecular complexity index is 537. The van der Waals surface area contributed by atoms with E-state index < -0.39 is 0 Å². The zero-order valence-electron chi connectivity index (χ0n) is 10.4. The first-order valence-corrected chi connectivity index (χ1v) is 6.58. The first kappa shape index (κ1) is 12.6. The first-order chi connectivity index (χ1) is 8.65. The molecule has 1 aromatic carbocycles. The van der Waals surface area contributed by atoms with Gasteiger partial charge in [0.25, 0.3) is 0 Å². The van der Waals surface area contributed by atoms with Crippen LogP contribution in [-0.2, 0) is 11.3 Å². The molecular formula is C13H15N3OS. The second kappa shape index (κ2) is 5.64. The predicted molar refractivity (Wildman–Crippen MR) is 74.9 cm³/mol. The van der Waals surface area contributed by atoms with E-state index in [-0.39, 0.29) is 5.91 Å². The summed E-state index contributed by atoms with van der Waals surface area (Å²) in [5.74, 6) is -0.0544. The van der Waals surface area contributed by atoms with Crippen molar-refractivity contribution in [1.82, 2.24) is 4.98 Å². The van der Waals surface area contributed by atoms with Crippen LogP contribution < -0.4 is 10.6 Å². The van der Waals surface area contributed by atoms with Crippen molar-refractivity contribution in [3.63, 3.8) is 0 Å². The highest BCUT2D eigenvalue weighted by atomic mass is 32.1. The van der Waals surface area contributed by atoms with Gasteiger partial charge in [-0.25, -0.2) is 4.98 Å². The Morgan fingerprint density at radius 3 is 2.89 bits per heavy atom. The van der Waals surface area contributed by atoms with Crippen LogP contribution >= 0.6 is 11.3 Å².